The van der Waals surface area contributed by atoms with E-state index in [1.165, 1.54) is 0 Å². The first-order chi connectivity index (χ1) is 25.5. The van der Waals surface area contributed by atoms with Crippen LogP contribution in [-0.4, -0.2) is 29.9 Å². The van der Waals surface area contributed by atoms with Crippen LogP contribution in [0.5, 0.6) is 23.5 Å². The second kappa shape index (κ2) is 14.8. The molecule has 250 valence electrons. The average molecular weight is 718 g/mol. The Bertz CT molecular complexity index is 2520. The van der Waals surface area contributed by atoms with Crippen molar-refractivity contribution in [3.63, 3.8) is 0 Å². The highest BCUT2D eigenvalue weighted by molar-refractivity contribution is 6.28. The molecule has 0 aliphatic heterocycles. The zero-order chi connectivity index (χ0) is 35.3. The van der Waals surface area contributed by atoms with Crippen LogP contribution in [0.3, 0.4) is 0 Å². The number of nitrogens with zero attached hydrogens (tertiary/aromatic N) is 6. The fourth-order valence-electron chi connectivity index (χ4n) is 5.72. The molecule has 0 aliphatic rings. The highest BCUT2D eigenvalue weighted by Crippen LogP contribution is 2.36. The molecule has 0 saturated carbocycles. The Balaban J connectivity index is 1.09. The van der Waals surface area contributed by atoms with Crippen molar-refractivity contribution >= 4 is 23.2 Å². The first kappa shape index (κ1) is 32.7. The van der Waals surface area contributed by atoms with E-state index >= 15 is 0 Å². The Kier molecular flexibility index (Phi) is 9.30. The summed E-state index contributed by atoms with van der Waals surface area (Å²) in [5, 5.41) is 0.0653. The van der Waals surface area contributed by atoms with Gasteiger partial charge in [-0.3, -0.25) is 0 Å². The summed E-state index contributed by atoms with van der Waals surface area (Å²) >= 11 is 12.7. The van der Waals surface area contributed by atoms with E-state index in [1.54, 1.807) is 12.1 Å². The van der Waals surface area contributed by atoms with Crippen LogP contribution in [0.2, 0.25) is 10.6 Å². The van der Waals surface area contributed by atoms with Crippen molar-refractivity contribution in [2.24, 2.45) is 0 Å². The fraction of sp³-hybridized carbons (Fsp3) is 0. The maximum absolute atomic E-state index is 6.49. The highest BCUT2D eigenvalue weighted by Gasteiger charge is 2.15. The summed E-state index contributed by atoms with van der Waals surface area (Å²) in [6.07, 6.45) is 0. The molecule has 0 bridgehead atoms. The lowest BCUT2D eigenvalue weighted by atomic mass is 9.93. The molecule has 0 saturated heterocycles. The SMILES string of the molecule is Clc1nc(Oc2ccccc2)nc(Oc2cccc(-c3ccccc3-c3cccc(-c4nc(Cl)nc(-c5cccc(-c6ccccc6)c5)n4)c3)c2)n1. The molecule has 10 heteroatoms. The quantitative estimate of drug-likeness (QED) is 0.146. The number of aromatic nitrogens is 6. The molecule has 2 heterocycles. The first-order valence-electron chi connectivity index (χ1n) is 16.2. The topological polar surface area (TPSA) is 95.8 Å². The summed E-state index contributed by atoms with van der Waals surface area (Å²) in [6, 6.07) is 51.3. The van der Waals surface area contributed by atoms with Gasteiger partial charge in [0.1, 0.15) is 11.5 Å². The number of hydrogen-bond acceptors (Lipinski definition) is 8. The van der Waals surface area contributed by atoms with Crippen molar-refractivity contribution < 1.29 is 9.47 Å². The predicted octanol–water partition coefficient (Wildman–Crippen LogP) is 11.3. The molecule has 0 radical (unpaired) electrons. The van der Waals surface area contributed by atoms with Crippen LogP contribution >= 0.6 is 23.2 Å². The molecule has 8 aromatic rings. The van der Waals surface area contributed by atoms with Gasteiger partial charge in [0.15, 0.2) is 11.6 Å². The summed E-state index contributed by atoms with van der Waals surface area (Å²) in [5.74, 6) is 2.04. The molecular formula is C42H26Cl2N6O2. The predicted molar refractivity (Wildman–Crippen MR) is 203 cm³/mol. The zero-order valence-corrected chi connectivity index (χ0v) is 28.8. The minimum atomic E-state index is -0.0513. The Hall–Kier alpha value is -6.48. The third kappa shape index (κ3) is 7.49. The van der Waals surface area contributed by atoms with Crippen LogP contribution in [-0.2, 0) is 0 Å². The third-order valence-electron chi connectivity index (χ3n) is 8.07. The Morgan fingerprint density at radius 2 is 0.769 bits per heavy atom. The van der Waals surface area contributed by atoms with E-state index in [2.05, 4.69) is 73.5 Å². The fourth-order valence-corrected chi connectivity index (χ4v) is 6.03. The first-order valence-corrected chi connectivity index (χ1v) is 17.0. The van der Waals surface area contributed by atoms with Gasteiger partial charge in [-0.15, -0.1) is 4.98 Å². The van der Waals surface area contributed by atoms with Crippen LogP contribution in [0.1, 0.15) is 0 Å². The van der Waals surface area contributed by atoms with Crippen molar-refractivity contribution in [1.82, 2.24) is 29.9 Å². The van der Waals surface area contributed by atoms with Gasteiger partial charge >= 0.3 is 12.0 Å². The summed E-state index contributed by atoms with van der Waals surface area (Å²) in [6.45, 7) is 0. The van der Waals surface area contributed by atoms with Crippen LogP contribution in [0.4, 0.5) is 0 Å². The molecule has 0 N–H and O–H groups in total. The lowest BCUT2D eigenvalue weighted by Crippen LogP contribution is -1.98. The van der Waals surface area contributed by atoms with Crippen LogP contribution < -0.4 is 9.47 Å². The lowest BCUT2D eigenvalue weighted by Gasteiger charge is -2.13. The van der Waals surface area contributed by atoms with Crippen molar-refractivity contribution in [3.05, 3.63) is 168 Å². The monoisotopic (exact) mass is 716 g/mol. The Labute approximate surface area is 309 Å². The van der Waals surface area contributed by atoms with Gasteiger partial charge in [0, 0.05) is 11.1 Å². The number of benzene rings is 6. The van der Waals surface area contributed by atoms with Gasteiger partial charge in [-0.05, 0) is 93.0 Å². The summed E-state index contributed by atoms with van der Waals surface area (Å²) in [4.78, 5) is 26.3. The standard InChI is InChI=1S/C42H26Cl2N6O2/c43-39-46-37(31-17-9-14-28(24-31)27-12-3-1-4-13-27)45-38(47-39)32-18-10-15-29(25-32)35-22-7-8-23-36(35)30-16-11-21-34(26-30)52-42-49-40(44)48-41(50-42)51-33-19-5-2-6-20-33/h1-26H. The molecular weight excluding hydrogens is 691 g/mol. The average Bonchev–Trinajstić information content (AvgIpc) is 3.18. The molecule has 0 fully saturated rings. The van der Waals surface area contributed by atoms with E-state index in [4.69, 9.17) is 37.7 Å². The Morgan fingerprint density at radius 3 is 1.42 bits per heavy atom. The van der Waals surface area contributed by atoms with Gasteiger partial charge in [-0.1, -0.05) is 121 Å². The van der Waals surface area contributed by atoms with Crippen molar-refractivity contribution in [3.8, 4) is 79.7 Å². The van der Waals surface area contributed by atoms with E-state index in [1.807, 2.05) is 97.1 Å². The molecule has 0 aliphatic carbocycles. The van der Waals surface area contributed by atoms with E-state index in [9.17, 15) is 0 Å². The van der Waals surface area contributed by atoms with E-state index in [0.717, 1.165) is 44.5 Å². The van der Waals surface area contributed by atoms with Gasteiger partial charge < -0.3 is 9.47 Å². The molecule has 0 atom stereocenters. The lowest BCUT2D eigenvalue weighted by molar-refractivity contribution is 0.397. The van der Waals surface area contributed by atoms with E-state index in [0.29, 0.717) is 23.1 Å². The number of rotatable bonds is 9. The molecule has 2 aromatic heterocycles. The van der Waals surface area contributed by atoms with Crippen LogP contribution in [0.15, 0.2) is 158 Å². The van der Waals surface area contributed by atoms with Crippen molar-refractivity contribution in [2.45, 2.75) is 0 Å². The molecule has 0 spiro atoms. The van der Waals surface area contributed by atoms with Gasteiger partial charge in [0.25, 0.3) is 0 Å². The van der Waals surface area contributed by atoms with Gasteiger partial charge in [0.05, 0.1) is 0 Å². The summed E-state index contributed by atoms with van der Waals surface area (Å²) in [7, 11) is 0. The molecule has 8 nitrogen and oxygen atoms in total. The maximum Gasteiger partial charge on any atom is 0.329 e. The van der Waals surface area contributed by atoms with Gasteiger partial charge in [0.2, 0.25) is 10.6 Å². The normalized spacial score (nSPS) is 10.9. The number of para-hydroxylation sites is 1. The van der Waals surface area contributed by atoms with Crippen molar-refractivity contribution in [2.75, 3.05) is 0 Å². The van der Waals surface area contributed by atoms with Gasteiger partial charge in [-0.2, -0.15) is 19.9 Å². The van der Waals surface area contributed by atoms with E-state index < -0.39 is 0 Å². The maximum atomic E-state index is 6.49. The summed E-state index contributed by atoms with van der Waals surface area (Å²) in [5.41, 5.74) is 7.68. The number of ether oxygens (including phenoxy) is 2. The highest BCUT2D eigenvalue weighted by atomic mass is 35.5. The zero-order valence-electron chi connectivity index (χ0n) is 27.3. The molecule has 8 rings (SSSR count). The van der Waals surface area contributed by atoms with Gasteiger partial charge in [-0.25, -0.2) is 4.98 Å². The van der Waals surface area contributed by atoms with Crippen molar-refractivity contribution in [1.29, 1.82) is 0 Å². The minimum absolute atomic E-state index is 0.00578. The third-order valence-corrected chi connectivity index (χ3v) is 8.41. The summed E-state index contributed by atoms with van der Waals surface area (Å²) < 4.78 is 11.8. The second-order valence-corrected chi connectivity index (χ2v) is 12.2. The second-order valence-electron chi connectivity index (χ2n) is 11.5. The molecule has 0 amide bonds. The van der Waals surface area contributed by atoms with E-state index in [-0.39, 0.29) is 22.6 Å². The van der Waals surface area contributed by atoms with Crippen LogP contribution in [0, 0.1) is 0 Å². The molecule has 52 heavy (non-hydrogen) atoms. The number of halogens is 2. The Morgan fingerprint density at radius 1 is 0.327 bits per heavy atom. The molecule has 6 aromatic carbocycles. The largest absolute Gasteiger partial charge is 0.424 e. The number of hydrogen-bond donors (Lipinski definition) is 0. The minimum Gasteiger partial charge on any atom is -0.424 e. The van der Waals surface area contributed by atoms with Crippen LogP contribution in [0.25, 0.3) is 56.2 Å². The molecule has 0 unspecified atom stereocenters. The smallest absolute Gasteiger partial charge is 0.329 e.